The van der Waals surface area contributed by atoms with E-state index in [1.807, 2.05) is 18.5 Å². The van der Waals surface area contributed by atoms with Crippen molar-refractivity contribution in [3.63, 3.8) is 0 Å². The molecule has 1 aromatic heterocycles. The zero-order valence-electron chi connectivity index (χ0n) is 10.2. The van der Waals surface area contributed by atoms with Crippen LogP contribution in [0.2, 0.25) is 5.02 Å². The van der Waals surface area contributed by atoms with Crippen molar-refractivity contribution in [1.29, 1.82) is 0 Å². The highest BCUT2D eigenvalue weighted by Gasteiger charge is 2.10. The molecule has 0 spiro atoms. The summed E-state index contributed by atoms with van der Waals surface area (Å²) in [5.74, 6) is 0.449. The summed E-state index contributed by atoms with van der Waals surface area (Å²) in [7, 11) is 1.89. The molecule has 96 valence electrons. The van der Waals surface area contributed by atoms with Crippen LogP contribution in [0.3, 0.4) is 0 Å². The normalized spacial score (nSPS) is 12.7. The lowest BCUT2D eigenvalue weighted by molar-refractivity contribution is 0.527. The van der Waals surface area contributed by atoms with Gasteiger partial charge in [-0.1, -0.05) is 17.7 Å². The third kappa shape index (κ3) is 2.86. The molecular formula is C12H14ClFN4. The van der Waals surface area contributed by atoms with Crippen LogP contribution in [0, 0.1) is 5.82 Å². The molecule has 6 heteroatoms. The van der Waals surface area contributed by atoms with Gasteiger partial charge in [-0.25, -0.2) is 4.39 Å². The number of nitrogens with one attached hydrogen (secondary N) is 1. The molecule has 0 saturated heterocycles. The molecule has 1 aromatic carbocycles. The van der Waals surface area contributed by atoms with Crippen LogP contribution in [0.4, 0.5) is 4.39 Å². The highest BCUT2D eigenvalue weighted by molar-refractivity contribution is 6.30. The molecule has 0 aliphatic rings. The summed E-state index contributed by atoms with van der Waals surface area (Å²) in [5.41, 5.74) is 0.926. The Labute approximate surface area is 110 Å². The number of hydrogen-bond acceptors (Lipinski definition) is 3. The first-order chi connectivity index (χ1) is 8.58. The minimum Gasteiger partial charge on any atom is -0.319 e. The lowest BCUT2D eigenvalue weighted by atomic mass is 10.2. The maximum absolute atomic E-state index is 13.0. The van der Waals surface area contributed by atoms with Crippen molar-refractivity contribution in [3.05, 3.63) is 46.8 Å². The van der Waals surface area contributed by atoms with Crippen molar-refractivity contribution in [2.75, 3.05) is 0 Å². The second kappa shape index (κ2) is 5.46. The quantitative estimate of drug-likeness (QED) is 0.926. The largest absolute Gasteiger partial charge is 0.319 e. The van der Waals surface area contributed by atoms with E-state index >= 15 is 0 Å². The van der Waals surface area contributed by atoms with E-state index in [4.69, 9.17) is 11.6 Å². The summed E-state index contributed by atoms with van der Waals surface area (Å²) in [6.45, 7) is 2.59. The molecule has 1 unspecified atom stereocenters. The summed E-state index contributed by atoms with van der Waals surface area (Å²) < 4.78 is 14.9. The van der Waals surface area contributed by atoms with Gasteiger partial charge in [0.05, 0.1) is 11.1 Å². The van der Waals surface area contributed by atoms with Crippen LogP contribution in [0.5, 0.6) is 0 Å². The van der Waals surface area contributed by atoms with E-state index in [0.717, 1.165) is 11.4 Å². The molecule has 2 aromatic rings. The van der Waals surface area contributed by atoms with E-state index in [1.165, 1.54) is 6.07 Å². The second-order valence-corrected chi connectivity index (χ2v) is 4.56. The van der Waals surface area contributed by atoms with Gasteiger partial charge in [-0.05, 0) is 24.6 Å². The SMILES string of the molecule is CC(NCc1ccc(F)c(Cl)c1)c1nncn1C. The first-order valence-electron chi connectivity index (χ1n) is 5.59. The lowest BCUT2D eigenvalue weighted by Crippen LogP contribution is -2.21. The van der Waals surface area contributed by atoms with Crippen molar-refractivity contribution in [1.82, 2.24) is 20.1 Å². The molecule has 0 amide bonds. The van der Waals surface area contributed by atoms with Gasteiger partial charge in [0.15, 0.2) is 0 Å². The Kier molecular flexibility index (Phi) is 3.93. The molecule has 2 rings (SSSR count). The number of halogens is 2. The van der Waals surface area contributed by atoms with Crippen molar-refractivity contribution in [2.24, 2.45) is 7.05 Å². The molecule has 0 bridgehead atoms. The Morgan fingerprint density at radius 2 is 2.28 bits per heavy atom. The zero-order valence-corrected chi connectivity index (χ0v) is 10.9. The van der Waals surface area contributed by atoms with Crippen LogP contribution in [0.1, 0.15) is 24.4 Å². The van der Waals surface area contributed by atoms with Crippen LogP contribution in [0.25, 0.3) is 0 Å². The molecule has 0 aliphatic carbocycles. The molecule has 4 nitrogen and oxygen atoms in total. The Balaban J connectivity index is 1.99. The van der Waals surface area contributed by atoms with E-state index in [0.29, 0.717) is 6.54 Å². The zero-order chi connectivity index (χ0) is 13.1. The number of nitrogens with zero attached hydrogens (tertiary/aromatic N) is 3. The first-order valence-corrected chi connectivity index (χ1v) is 5.97. The van der Waals surface area contributed by atoms with E-state index in [2.05, 4.69) is 15.5 Å². The van der Waals surface area contributed by atoms with Gasteiger partial charge >= 0.3 is 0 Å². The first kappa shape index (κ1) is 13.0. The minimum absolute atomic E-state index is 0.0568. The molecule has 0 radical (unpaired) electrons. The maximum Gasteiger partial charge on any atom is 0.149 e. The lowest BCUT2D eigenvalue weighted by Gasteiger charge is -2.13. The fourth-order valence-electron chi connectivity index (χ4n) is 1.70. The standard InChI is InChI=1S/C12H14ClFN4/c1-8(12-17-16-7-18(12)2)15-6-9-3-4-11(14)10(13)5-9/h3-5,7-8,15H,6H2,1-2H3. The Hall–Kier alpha value is -1.46. The fraction of sp³-hybridized carbons (Fsp3) is 0.333. The third-order valence-electron chi connectivity index (χ3n) is 2.73. The molecule has 0 aliphatic heterocycles. The summed E-state index contributed by atoms with van der Waals surface area (Å²) in [5, 5.41) is 11.3. The maximum atomic E-state index is 13.0. The van der Waals surface area contributed by atoms with Crippen molar-refractivity contribution < 1.29 is 4.39 Å². The highest BCUT2D eigenvalue weighted by Crippen LogP contribution is 2.16. The van der Waals surface area contributed by atoms with Gasteiger partial charge in [-0.2, -0.15) is 0 Å². The van der Waals surface area contributed by atoms with E-state index in [1.54, 1.807) is 18.5 Å². The van der Waals surface area contributed by atoms with Gasteiger partial charge in [-0.3, -0.25) is 0 Å². The summed E-state index contributed by atoms with van der Waals surface area (Å²) in [4.78, 5) is 0. The van der Waals surface area contributed by atoms with Gasteiger partial charge < -0.3 is 9.88 Å². The van der Waals surface area contributed by atoms with Crippen LogP contribution >= 0.6 is 11.6 Å². The molecule has 1 N–H and O–H groups in total. The molecule has 0 fully saturated rings. The van der Waals surface area contributed by atoms with Crippen molar-refractivity contribution in [2.45, 2.75) is 19.5 Å². The Morgan fingerprint density at radius 3 is 2.89 bits per heavy atom. The fourth-order valence-corrected chi connectivity index (χ4v) is 1.90. The summed E-state index contributed by atoms with van der Waals surface area (Å²) in [6.07, 6.45) is 1.66. The topological polar surface area (TPSA) is 42.7 Å². The molecular weight excluding hydrogens is 255 g/mol. The number of aromatic nitrogens is 3. The molecule has 0 saturated carbocycles. The summed E-state index contributed by atoms with van der Waals surface area (Å²) in [6, 6.07) is 4.75. The molecule has 18 heavy (non-hydrogen) atoms. The average molecular weight is 269 g/mol. The van der Waals surface area contributed by atoms with Crippen LogP contribution in [-0.2, 0) is 13.6 Å². The third-order valence-corrected chi connectivity index (χ3v) is 3.02. The number of rotatable bonds is 4. The van der Waals surface area contributed by atoms with Crippen molar-refractivity contribution >= 4 is 11.6 Å². The molecule has 1 atom stereocenters. The predicted molar refractivity (Wildman–Crippen MR) is 67.7 cm³/mol. The van der Waals surface area contributed by atoms with Gasteiger partial charge in [0.2, 0.25) is 0 Å². The van der Waals surface area contributed by atoms with Crippen LogP contribution in [0.15, 0.2) is 24.5 Å². The van der Waals surface area contributed by atoms with Gasteiger partial charge in [0, 0.05) is 13.6 Å². The van der Waals surface area contributed by atoms with E-state index in [-0.39, 0.29) is 11.1 Å². The Bertz CT molecular complexity index is 541. The van der Waals surface area contributed by atoms with Crippen LogP contribution < -0.4 is 5.32 Å². The number of hydrogen-bond donors (Lipinski definition) is 1. The van der Waals surface area contributed by atoms with E-state index in [9.17, 15) is 4.39 Å². The predicted octanol–water partition coefficient (Wildman–Crippen LogP) is 2.46. The number of benzene rings is 1. The van der Waals surface area contributed by atoms with Gasteiger partial charge in [0.1, 0.15) is 18.0 Å². The second-order valence-electron chi connectivity index (χ2n) is 4.15. The minimum atomic E-state index is -0.401. The van der Waals surface area contributed by atoms with Crippen molar-refractivity contribution in [3.8, 4) is 0 Å². The smallest absolute Gasteiger partial charge is 0.149 e. The van der Waals surface area contributed by atoms with Gasteiger partial charge in [-0.15, -0.1) is 10.2 Å². The monoisotopic (exact) mass is 268 g/mol. The van der Waals surface area contributed by atoms with Gasteiger partial charge in [0.25, 0.3) is 0 Å². The highest BCUT2D eigenvalue weighted by atomic mass is 35.5. The van der Waals surface area contributed by atoms with E-state index < -0.39 is 5.82 Å². The Morgan fingerprint density at radius 1 is 1.50 bits per heavy atom. The summed E-state index contributed by atoms with van der Waals surface area (Å²) >= 11 is 5.72. The average Bonchev–Trinajstić information content (AvgIpc) is 2.77. The molecule has 1 heterocycles. The number of aryl methyl sites for hydroxylation is 1. The van der Waals surface area contributed by atoms with Crippen LogP contribution in [-0.4, -0.2) is 14.8 Å².